The molecule has 2 rings (SSSR count). The van der Waals surface area contributed by atoms with Crippen molar-refractivity contribution in [1.29, 1.82) is 0 Å². The van der Waals surface area contributed by atoms with E-state index >= 15 is 0 Å². The van der Waals surface area contributed by atoms with Crippen LogP contribution in [0.1, 0.15) is 15.9 Å². The third kappa shape index (κ3) is 3.34. The van der Waals surface area contributed by atoms with Crippen LogP contribution in [0.3, 0.4) is 0 Å². The van der Waals surface area contributed by atoms with Gasteiger partial charge in [-0.3, -0.25) is 4.79 Å². The second-order valence-electron chi connectivity index (χ2n) is 4.20. The van der Waals surface area contributed by atoms with E-state index in [-0.39, 0.29) is 11.3 Å². The Kier molecular flexibility index (Phi) is 4.73. The van der Waals surface area contributed by atoms with Crippen molar-refractivity contribution in [3.05, 3.63) is 55.4 Å². The molecule has 0 unspecified atom stereocenters. The van der Waals surface area contributed by atoms with Crippen LogP contribution in [0.25, 0.3) is 0 Å². The third-order valence-corrected chi connectivity index (χ3v) is 4.26. The molecule has 0 aliphatic rings. The SMILES string of the molecule is Cc1cc(Br)c(NC(=O)c2ccc(Br)cc2O)cc1Cl. The lowest BCUT2D eigenvalue weighted by Crippen LogP contribution is -2.12. The van der Waals surface area contributed by atoms with E-state index in [2.05, 4.69) is 37.2 Å². The van der Waals surface area contributed by atoms with Crippen molar-refractivity contribution in [3.63, 3.8) is 0 Å². The molecule has 104 valence electrons. The largest absolute Gasteiger partial charge is 0.507 e. The van der Waals surface area contributed by atoms with Gasteiger partial charge < -0.3 is 10.4 Å². The van der Waals surface area contributed by atoms with E-state index in [9.17, 15) is 9.90 Å². The average molecular weight is 420 g/mol. The molecule has 0 heterocycles. The van der Waals surface area contributed by atoms with Crippen LogP contribution in [0.4, 0.5) is 5.69 Å². The standard InChI is InChI=1S/C14H10Br2ClNO2/c1-7-4-10(16)12(6-11(7)17)18-14(20)9-3-2-8(15)5-13(9)19/h2-6,19H,1H3,(H,18,20). The molecular weight excluding hydrogens is 409 g/mol. The third-order valence-electron chi connectivity index (χ3n) is 2.70. The lowest BCUT2D eigenvalue weighted by molar-refractivity contribution is 0.102. The summed E-state index contributed by atoms with van der Waals surface area (Å²) in [4.78, 5) is 12.1. The maximum absolute atomic E-state index is 12.1. The minimum atomic E-state index is -0.407. The number of aryl methyl sites for hydroxylation is 1. The fourth-order valence-electron chi connectivity index (χ4n) is 1.63. The van der Waals surface area contributed by atoms with Crippen LogP contribution >= 0.6 is 43.5 Å². The Labute approximate surface area is 138 Å². The number of anilines is 1. The first-order valence-corrected chi connectivity index (χ1v) is 7.60. The Balaban J connectivity index is 2.30. The van der Waals surface area contributed by atoms with Gasteiger partial charge in [0.25, 0.3) is 5.91 Å². The number of carbonyl (C=O) groups excluding carboxylic acids is 1. The number of rotatable bonds is 2. The van der Waals surface area contributed by atoms with Gasteiger partial charge in [0.05, 0.1) is 11.3 Å². The zero-order valence-corrected chi connectivity index (χ0v) is 14.3. The molecule has 0 aromatic heterocycles. The Morgan fingerprint density at radius 1 is 1.25 bits per heavy atom. The first-order chi connectivity index (χ1) is 9.38. The first kappa shape index (κ1) is 15.4. The molecule has 20 heavy (non-hydrogen) atoms. The zero-order valence-electron chi connectivity index (χ0n) is 10.4. The van der Waals surface area contributed by atoms with E-state index in [0.717, 1.165) is 10.0 Å². The highest BCUT2D eigenvalue weighted by molar-refractivity contribution is 9.10. The number of nitrogens with one attached hydrogen (secondary N) is 1. The van der Waals surface area contributed by atoms with Gasteiger partial charge in [0.1, 0.15) is 5.75 Å². The van der Waals surface area contributed by atoms with Crippen LogP contribution in [0, 0.1) is 6.92 Å². The van der Waals surface area contributed by atoms with Crippen molar-refractivity contribution in [2.45, 2.75) is 6.92 Å². The molecule has 0 spiro atoms. The first-order valence-electron chi connectivity index (χ1n) is 5.64. The monoisotopic (exact) mass is 417 g/mol. The molecule has 0 fully saturated rings. The summed E-state index contributed by atoms with van der Waals surface area (Å²) in [6, 6.07) is 8.17. The van der Waals surface area contributed by atoms with Crippen molar-refractivity contribution in [1.82, 2.24) is 0 Å². The van der Waals surface area contributed by atoms with Gasteiger partial charge in [-0.05, 0) is 58.7 Å². The zero-order chi connectivity index (χ0) is 14.9. The summed E-state index contributed by atoms with van der Waals surface area (Å²) in [7, 11) is 0. The maximum atomic E-state index is 12.1. The number of halogens is 3. The summed E-state index contributed by atoms with van der Waals surface area (Å²) in [5, 5.41) is 13.0. The van der Waals surface area contributed by atoms with E-state index < -0.39 is 5.91 Å². The number of benzene rings is 2. The molecule has 0 radical (unpaired) electrons. The van der Waals surface area contributed by atoms with Gasteiger partial charge in [-0.25, -0.2) is 0 Å². The topological polar surface area (TPSA) is 49.3 Å². The lowest BCUT2D eigenvalue weighted by atomic mass is 10.1. The van der Waals surface area contributed by atoms with Crippen LogP contribution < -0.4 is 5.32 Å². The molecule has 2 N–H and O–H groups in total. The summed E-state index contributed by atoms with van der Waals surface area (Å²) in [6.45, 7) is 1.87. The Hall–Kier alpha value is -1.04. The van der Waals surface area contributed by atoms with Gasteiger partial charge >= 0.3 is 0 Å². The Morgan fingerprint density at radius 2 is 1.95 bits per heavy atom. The molecule has 0 aliphatic heterocycles. The number of hydrogen-bond donors (Lipinski definition) is 2. The Bertz CT molecular complexity index is 689. The normalized spacial score (nSPS) is 10.4. The summed E-state index contributed by atoms with van der Waals surface area (Å²) in [5.41, 5.74) is 1.65. The van der Waals surface area contributed by atoms with E-state index in [0.29, 0.717) is 15.2 Å². The number of amides is 1. The molecule has 6 heteroatoms. The average Bonchev–Trinajstić information content (AvgIpc) is 2.35. The lowest BCUT2D eigenvalue weighted by Gasteiger charge is -2.10. The maximum Gasteiger partial charge on any atom is 0.259 e. The fourth-order valence-corrected chi connectivity index (χ4v) is 2.70. The van der Waals surface area contributed by atoms with Crippen molar-refractivity contribution in [2.24, 2.45) is 0 Å². The van der Waals surface area contributed by atoms with Crippen LogP contribution in [-0.4, -0.2) is 11.0 Å². The highest BCUT2D eigenvalue weighted by Crippen LogP contribution is 2.30. The smallest absolute Gasteiger partial charge is 0.259 e. The van der Waals surface area contributed by atoms with Gasteiger partial charge in [-0.1, -0.05) is 27.5 Å². The van der Waals surface area contributed by atoms with Crippen molar-refractivity contribution in [2.75, 3.05) is 5.32 Å². The molecule has 2 aromatic rings. The van der Waals surface area contributed by atoms with Crippen LogP contribution in [0.5, 0.6) is 5.75 Å². The predicted molar refractivity (Wildman–Crippen MR) is 87.6 cm³/mol. The van der Waals surface area contributed by atoms with Gasteiger partial charge in [-0.15, -0.1) is 0 Å². The molecule has 0 saturated carbocycles. The van der Waals surface area contributed by atoms with E-state index in [1.165, 1.54) is 6.07 Å². The second-order valence-corrected chi connectivity index (χ2v) is 6.37. The number of hydrogen-bond acceptors (Lipinski definition) is 2. The molecule has 0 saturated heterocycles. The predicted octanol–water partition coefficient (Wildman–Crippen LogP) is 5.13. The van der Waals surface area contributed by atoms with Crippen LogP contribution in [0.2, 0.25) is 5.02 Å². The van der Waals surface area contributed by atoms with Gasteiger partial charge in [0.15, 0.2) is 0 Å². The highest BCUT2D eigenvalue weighted by Gasteiger charge is 2.13. The summed E-state index contributed by atoms with van der Waals surface area (Å²) in [5.74, 6) is -0.498. The number of phenolic OH excluding ortho intramolecular Hbond substituents is 1. The highest BCUT2D eigenvalue weighted by atomic mass is 79.9. The van der Waals surface area contributed by atoms with E-state index in [1.807, 2.05) is 13.0 Å². The minimum Gasteiger partial charge on any atom is -0.507 e. The fraction of sp³-hybridized carbons (Fsp3) is 0.0714. The van der Waals surface area contributed by atoms with Crippen LogP contribution in [-0.2, 0) is 0 Å². The van der Waals surface area contributed by atoms with Gasteiger partial charge in [0, 0.05) is 14.0 Å². The van der Waals surface area contributed by atoms with Crippen molar-refractivity contribution in [3.8, 4) is 5.75 Å². The van der Waals surface area contributed by atoms with Gasteiger partial charge in [0.2, 0.25) is 0 Å². The quantitative estimate of drug-likeness (QED) is 0.709. The molecule has 0 bridgehead atoms. The Morgan fingerprint density at radius 3 is 2.60 bits per heavy atom. The van der Waals surface area contributed by atoms with Crippen molar-refractivity contribution < 1.29 is 9.90 Å². The molecular formula is C14H10Br2ClNO2. The van der Waals surface area contributed by atoms with Crippen LogP contribution in [0.15, 0.2) is 39.3 Å². The van der Waals surface area contributed by atoms with E-state index in [1.54, 1.807) is 18.2 Å². The molecule has 0 atom stereocenters. The minimum absolute atomic E-state index is 0.0915. The van der Waals surface area contributed by atoms with Crippen molar-refractivity contribution >= 4 is 55.1 Å². The second kappa shape index (κ2) is 6.16. The summed E-state index contributed by atoms with van der Waals surface area (Å²) < 4.78 is 1.43. The number of carbonyl (C=O) groups is 1. The molecule has 1 amide bonds. The molecule has 3 nitrogen and oxygen atoms in total. The summed E-state index contributed by atoms with van der Waals surface area (Å²) >= 11 is 12.6. The summed E-state index contributed by atoms with van der Waals surface area (Å²) in [6.07, 6.45) is 0. The number of aromatic hydroxyl groups is 1. The van der Waals surface area contributed by atoms with Gasteiger partial charge in [-0.2, -0.15) is 0 Å². The van der Waals surface area contributed by atoms with E-state index in [4.69, 9.17) is 11.6 Å². The number of phenols is 1. The molecule has 2 aromatic carbocycles. The molecule has 0 aliphatic carbocycles.